The van der Waals surface area contributed by atoms with Crippen molar-refractivity contribution in [3.63, 3.8) is 0 Å². The molecule has 3 fully saturated rings. The number of fused-ring (bicyclic) bond motifs is 1. The summed E-state index contributed by atoms with van der Waals surface area (Å²) >= 11 is 0. The molecule has 1 aliphatic carbocycles. The first-order valence-corrected chi connectivity index (χ1v) is 7.49. The van der Waals surface area contributed by atoms with Gasteiger partial charge in [-0.15, -0.1) is 0 Å². The molecule has 0 aromatic carbocycles. The monoisotopic (exact) mass is 237 g/mol. The van der Waals surface area contributed by atoms with Crippen LogP contribution in [0.25, 0.3) is 0 Å². The van der Waals surface area contributed by atoms with Gasteiger partial charge in [0.05, 0.1) is 0 Å². The van der Waals surface area contributed by atoms with Crippen LogP contribution in [0.5, 0.6) is 0 Å². The molecule has 17 heavy (non-hydrogen) atoms. The Labute approximate surface area is 105 Å². The summed E-state index contributed by atoms with van der Waals surface area (Å²) in [5, 5.41) is 0. The summed E-state index contributed by atoms with van der Waals surface area (Å²) in [7, 11) is 0. The Kier molecular flexibility index (Phi) is 3.42. The van der Waals surface area contributed by atoms with Crippen molar-refractivity contribution in [2.45, 2.75) is 57.2 Å². The largest absolute Gasteiger partial charge is 0.329 e. The Morgan fingerprint density at radius 2 is 2.00 bits per heavy atom. The van der Waals surface area contributed by atoms with E-state index in [0.717, 1.165) is 18.5 Å². The van der Waals surface area contributed by atoms with Crippen molar-refractivity contribution >= 4 is 0 Å². The smallest absolute Gasteiger partial charge is 0.0250 e. The fourth-order valence-electron chi connectivity index (χ4n) is 3.92. The van der Waals surface area contributed by atoms with Gasteiger partial charge >= 0.3 is 0 Å². The van der Waals surface area contributed by atoms with Crippen molar-refractivity contribution in [2.75, 3.05) is 26.2 Å². The molecule has 3 rings (SSSR count). The quantitative estimate of drug-likeness (QED) is 0.802. The maximum atomic E-state index is 6.02. The molecule has 2 N–H and O–H groups in total. The minimum absolute atomic E-state index is 0.675. The van der Waals surface area contributed by atoms with Crippen molar-refractivity contribution in [3.8, 4) is 0 Å². The minimum atomic E-state index is 0.675. The zero-order valence-electron chi connectivity index (χ0n) is 11.1. The number of hydrogen-bond donors (Lipinski definition) is 1. The van der Waals surface area contributed by atoms with Crippen LogP contribution >= 0.6 is 0 Å². The normalized spacial score (nSPS) is 37.8. The molecule has 0 amide bonds. The third kappa shape index (κ3) is 2.38. The van der Waals surface area contributed by atoms with E-state index in [1.807, 2.05) is 0 Å². The molecule has 0 aromatic heterocycles. The summed E-state index contributed by atoms with van der Waals surface area (Å²) in [4.78, 5) is 5.47. The van der Waals surface area contributed by atoms with Crippen molar-refractivity contribution in [1.29, 1.82) is 0 Å². The molecule has 0 spiro atoms. The highest BCUT2D eigenvalue weighted by molar-refractivity contribution is 4.96. The fraction of sp³-hybridized carbons (Fsp3) is 1.00. The standard InChI is InChI=1S/C14H27N3/c1-11-9-16-7-3-2-4-13(16)10-17(11)14(8-15)12-5-6-12/h11-14H,2-10,15H2,1H3. The van der Waals surface area contributed by atoms with Gasteiger partial charge in [0.2, 0.25) is 0 Å². The maximum absolute atomic E-state index is 6.02. The first-order valence-electron chi connectivity index (χ1n) is 7.49. The molecular weight excluding hydrogens is 210 g/mol. The highest BCUT2D eigenvalue weighted by Gasteiger charge is 2.41. The molecule has 2 heterocycles. The number of nitrogens with two attached hydrogens (primary N) is 1. The Hall–Kier alpha value is -0.120. The van der Waals surface area contributed by atoms with Gasteiger partial charge in [-0.2, -0.15) is 0 Å². The molecule has 0 bridgehead atoms. The number of piperidine rings is 1. The van der Waals surface area contributed by atoms with Gasteiger partial charge in [0.1, 0.15) is 0 Å². The van der Waals surface area contributed by atoms with Crippen LogP contribution in [-0.2, 0) is 0 Å². The molecule has 3 aliphatic rings. The van der Waals surface area contributed by atoms with E-state index in [9.17, 15) is 0 Å². The van der Waals surface area contributed by atoms with Crippen molar-refractivity contribution < 1.29 is 0 Å². The molecule has 3 nitrogen and oxygen atoms in total. The van der Waals surface area contributed by atoms with E-state index < -0.39 is 0 Å². The minimum Gasteiger partial charge on any atom is -0.329 e. The van der Waals surface area contributed by atoms with E-state index in [1.165, 1.54) is 51.7 Å². The van der Waals surface area contributed by atoms with Crippen LogP contribution in [0.1, 0.15) is 39.0 Å². The van der Waals surface area contributed by atoms with E-state index in [2.05, 4.69) is 16.7 Å². The fourth-order valence-corrected chi connectivity index (χ4v) is 3.92. The summed E-state index contributed by atoms with van der Waals surface area (Å²) in [5.41, 5.74) is 6.02. The zero-order valence-corrected chi connectivity index (χ0v) is 11.1. The van der Waals surface area contributed by atoms with E-state index in [-0.39, 0.29) is 0 Å². The van der Waals surface area contributed by atoms with Gasteiger partial charge < -0.3 is 5.73 Å². The lowest BCUT2D eigenvalue weighted by Crippen LogP contribution is -2.62. The van der Waals surface area contributed by atoms with Crippen molar-refractivity contribution in [3.05, 3.63) is 0 Å². The number of piperazine rings is 1. The second kappa shape index (κ2) is 4.87. The predicted octanol–water partition coefficient (Wildman–Crippen LogP) is 1.28. The van der Waals surface area contributed by atoms with Crippen LogP contribution < -0.4 is 5.73 Å². The first-order chi connectivity index (χ1) is 8.29. The van der Waals surface area contributed by atoms with Crippen molar-refractivity contribution in [1.82, 2.24) is 9.80 Å². The van der Waals surface area contributed by atoms with E-state index in [4.69, 9.17) is 5.73 Å². The van der Waals surface area contributed by atoms with Gasteiger partial charge in [0.15, 0.2) is 0 Å². The third-order valence-electron chi connectivity index (χ3n) is 5.07. The molecule has 1 saturated carbocycles. The van der Waals surface area contributed by atoms with Crippen LogP contribution in [0.3, 0.4) is 0 Å². The molecule has 0 radical (unpaired) electrons. The van der Waals surface area contributed by atoms with Gasteiger partial charge in [-0.25, -0.2) is 0 Å². The van der Waals surface area contributed by atoms with Crippen LogP contribution in [0.15, 0.2) is 0 Å². The summed E-state index contributed by atoms with van der Waals surface area (Å²) in [6.45, 7) is 7.14. The van der Waals surface area contributed by atoms with Crippen LogP contribution in [0.4, 0.5) is 0 Å². The average Bonchev–Trinajstić information content (AvgIpc) is 3.15. The lowest BCUT2D eigenvalue weighted by molar-refractivity contribution is -0.0108. The van der Waals surface area contributed by atoms with Gasteiger partial charge in [0.25, 0.3) is 0 Å². The molecule has 3 heteroatoms. The second-order valence-electron chi connectivity index (χ2n) is 6.33. The maximum Gasteiger partial charge on any atom is 0.0250 e. The molecule has 2 saturated heterocycles. The summed E-state index contributed by atoms with van der Waals surface area (Å²) in [6.07, 6.45) is 7.08. The molecule has 3 unspecified atom stereocenters. The Morgan fingerprint density at radius 1 is 1.18 bits per heavy atom. The first kappa shape index (κ1) is 11.9. The molecule has 98 valence electrons. The number of nitrogens with zero attached hydrogens (tertiary/aromatic N) is 2. The predicted molar refractivity (Wildman–Crippen MR) is 70.9 cm³/mol. The Bertz CT molecular complexity index is 264. The molecular formula is C14H27N3. The van der Waals surface area contributed by atoms with E-state index in [1.54, 1.807) is 0 Å². The molecule has 0 aromatic rings. The van der Waals surface area contributed by atoms with Crippen LogP contribution in [0, 0.1) is 5.92 Å². The van der Waals surface area contributed by atoms with Gasteiger partial charge in [-0.1, -0.05) is 6.42 Å². The van der Waals surface area contributed by atoms with Crippen LogP contribution in [0.2, 0.25) is 0 Å². The third-order valence-corrected chi connectivity index (χ3v) is 5.07. The number of rotatable bonds is 3. The lowest BCUT2D eigenvalue weighted by atomic mass is 9.95. The Balaban J connectivity index is 1.67. The summed E-state index contributed by atoms with van der Waals surface area (Å²) in [5.74, 6) is 0.914. The van der Waals surface area contributed by atoms with E-state index >= 15 is 0 Å². The summed E-state index contributed by atoms with van der Waals surface area (Å²) < 4.78 is 0. The number of hydrogen-bond acceptors (Lipinski definition) is 3. The SMILES string of the molecule is CC1CN2CCCCC2CN1C(CN)C1CC1. The topological polar surface area (TPSA) is 32.5 Å². The van der Waals surface area contributed by atoms with E-state index in [0.29, 0.717) is 12.1 Å². The second-order valence-corrected chi connectivity index (χ2v) is 6.33. The molecule has 3 atom stereocenters. The van der Waals surface area contributed by atoms with Gasteiger partial charge in [-0.05, 0) is 45.1 Å². The summed E-state index contributed by atoms with van der Waals surface area (Å²) in [6, 6.07) is 2.21. The van der Waals surface area contributed by atoms with Crippen molar-refractivity contribution in [2.24, 2.45) is 11.7 Å². The average molecular weight is 237 g/mol. The highest BCUT2D eigenvalue weighted by Crippen LogP contribution is 2.37. The molecule has 2 aliphatic heterocycles. The van der Waals surface area contributed by atoms with Gasteiger partial charge in [-0.3, -0.25) is 9.80 Å². The van der Waals surface area contributed by atoms with Crippen LogP contribution in [-0.4, -0.2) is 54.1 Å². The Morgan fingerprint density at radius 3 is 2.71 bits per heavy atom. The highest BCUT2D eigenvalue weighted by atomic mass is 15.3. The van der Waals surface area contributed by atoms with Gasteiger partial charge in [0, 0.05) is 37.8 Å². The lowest BCUT2D eigenvalue weighted by Gasteiger charge is -2.50. The zero-order chi connectivity index (χ0) is 11.8.